The van der Waals surface area contributed by atoms with E-state index in [0.717, 1.165) is 5.56 Å². The van der Waals surface area contributed by atoms with Crippen LogP contribution in [0, 0.1) is 6.92 Å². The minimum absolute atomic E-state index is 0.0544. The number of hydrogen-bond donors (Lipinski definition) is 3. The van der Waals surface area contributed by atoms with E-state index in [9.17, 15) is 9.90 Å². The molecule has 0 aliphatic rings. The van der Waals surface area contributed by atoms with Crippen molar-refractivity contribution in [2.75, 3.05) is 0 Å². The Morgan fingerprint density at radius 1 is 1.53 bits per heavy atom. The summed E-state index contributed by atoms with van der Waals surface area (Å²) in [7, 11) is 0. The highest BCUT2D eigenvalue weighted by molar-refractivity contribution is 5.96. The molecule has 17 heavy (non-hydrogen) atoms. The fourth-order valence-corrected chi connectivity index (χ4v) is 1.34. The zero-order valence-corrected chi connectivity index (χ0v) is 9.14. The van der Waals surface area contributed by atoms with Gasteiger partial charge in [-0.25, -0.2) is 0 Å². The van der Waals surface area contributed by atoms with Gasteiger partial charge in [-0.05, 0) is 19.1 Å². The van der Waals surface area contributed by atoms with Gasteiger partial charge in [-0.2, -0.15) is 5.21 Å². The van der Waals surface area contributed by atoms with Crippen LogP contribution in [-0.4, -0.2) is 31.6 Å². The molecule has 2 aromatic rings. The van der Waals surface area contributed by atoms with Gasteiger partial charge >= 0.3 is 0 Å². The molecule has 1 heterocycles. The smallest absolute Gasteiger partial charge is 0.255 e. The summed E-state index contributed by atoms with van der Waals surface area (Å²) in [4.78, 5) is 11.8. The SMILES string of the molecule is Cc1ccc(O)c(C(=O)NCc2nn[nH]n2)c1. The molecule has 0 fully saturated rings. The molecule has 0 aliphatic heterocycles. The van der Waals surface area contributed by atoms with E-state index < -0.39 is 0 Å². The van der Waals surface area contributed by atoms with Gasteiger partial charge in [-0.15, -0.1) is 10.2 Å². The summed E-state index contributed by atoms with van der Waals surface area (Å²) >= 11 is 0. The first-order chi connectivity index (χ1) is 8.16. The summed E-state index contributed by atoms with van der Waals surface area (Å²) in [6, 6.07) is 4.82. The van der Waals surface area contributed by atoms with Gasteiger partial charge in [0, 0.05) is 0 Å². The lowest BCUT2D eigenvalue weighted by Gasteiger charge is -2.05. The zero-order chi connectivity index (χ0) is 12.3. The van der Waals surface area contributed by atoms with Gasteiger partial charge in [-0.1, -0.05) is 16.8 Å². The van der Waals surface area contributed by atoms with Crippen LogP contribution in [0.15, 0.2) is 18.2 Å². The number of benzene rings is 1. The number of carbonyl (C=O) groups excluding carboxylic acids is 1. The van der Waals surface area contributed by atoms with Crippen molar-refractivity contribution in [2.45, 2.75) is 13.5 Å². The molecule has 0 radical (unpaired) electrons. The van der Waals surface area contributed by atoms with Crippen LogP contribution in [0.5, 0.6) is 5.75 Å². The van der Waals surface area contributed by atoms with Crippen molar-refractivity contribution in [1.82, 2.24) is 25.9 Å². The van der Waals surface area contributed by atoms with Crippen LogP contribution < -0.4 is 5.32 Å². The zero-order valence-electron chi connectivity index (χ0n) is 9.14. The lowest BCUT2D eigenvalue weighted by atomic mass is 10.1. The molecular weight excluding hydrogens is 222 g/mol. The van der Waals surface area contributed by atoms with Crippen LogP contribution >= 0.6 is 0 Å². The standard InChI is InChI=1S/C10H11N5O2/c1-6-2-3-8(16)7(4-6)10(17)11-5-9-12-14-15-13-9/h2-4,16H,5H2,1H3,(H,11,17)(H,12,13,14,15). The number of tetrazole rings is 1. The quantitative estimate of drug-likeness (QED) is 0.699. The van der Waals surface area contributed by atoms with Crippen LogP contribution in [0.3, 0.4) is 0 Å². The van der Waals surface area contributed by atoms with Gasteiger partial charge < -0.3 is 10.4 Å². The molecule has 3 N–H and O–H groups in total. The molecule has 1 aromatic heterocycles. The molecule has 0 saturated carbocycles. The number of H-pyrrole nitrogens is 1. The van der Waals surface area contributed by atoms with E-state index in [1.54, 1.807) is 12.1 Å². The van der Waals surface area contributed by atoms with Crippen molar-refractivity contribution >= 4 is 5.91 Å². The Morgan fingerprint density at radius 2 is 2.35 bits per heavy atom. The van der Waals surface area contributed by atoms with Crippen molar-refractivity contribution in [2.24, 2.45) is 0 Å². The van der Waals surface area contributed by atoms with E-state index in [1.807, 2.05) is 6.92 Å². The first-order valence-corrected chi connectivity index (χ1v) is 4.97. The second-order valence-corrected chi connectivity index (χ2v) is 3.53. The predicted molar refractivity (Wildman–Crippen MR) is 58.2 cm³/mol. The average molecular weight is 233 g/mol. The topological polar surface area (TPSA) is 104 Å². The molecule has 0 saturated heterocycles. The van der Waals surface area contributed by atoms with Gasteiger partial charge in [0.1, 0.15) is 5.75 Å². The van der Waals surface area contributed by atoms with Crippen molar-refractivity contribution in [3.05, 3.63) is 35.2 Å². The maximum absolute atomic E-state index is 11.8. The Morgan fingerprint density at radius 3 is 3.06 bits per heavy atom. The molecule has 1 amide bonds. The van der Waals surface area contributed by atoms with Crippen molar-refractivity contribution in [3.8, 4) is 5.75 Å². The van der Waals surface area contributed by atoms with Crippen LogP contribution in [-0.2, 0) is 6.54 Å². The van der Waals surface area contributed by atoms with E-state index in [2.05, 4.69) is 25.9 Å². The monoisotopic (exact) mass is 233 g/mol. The van der Waals surface area contributed by atoms with Gasteiger partial charge in [0.2, 0.25) is 0 Å². The molecule has 2 rings (SSSR count). The fourth-order valence-electron chi connectivity index (χ4n) is 1.34. The highest BCUT2D eigenvalue weighted by atomic mass is 16.3. The third-order valence-electron chi connectivity index (χ3n) is 2.19. The van der Waals surface area contributed by atoms with E-state index >= 15 is 0 Å². The molecule has 0 unspecified atom stereocenters. The van der Waals surface area contributed by atoms with Crippen LogP contribution in [0.25, 0.3) is 0 Å². The van der Waals surface area contributed by atoms with Gasteiger partial charge in [0.25, 0.3) is 5.91 Å². The molecular formula is C10H11N5O2. The highest BCUT2D eigenvalue weighted by Crippen LogP contribution is 2.17. The van der Waals surface area contributed by atoms with E-state index in [-0.39, 0.29) is 23.8 Å². The number of phenols is 1. The lowest BCUT2D eigenvalue weighted by molar-refractivity contribution is 0.0947. The number of phenolic OH excluding ortho intramolecular Hbond substituents is 1. The largest absolute Gasteiger partial charge is 0.507 e. The second kappa shape index (κ2) is 4.60. The maximum Gasteiger partial charge on any atom is 0.255 e. The number of aromatic hydroxyl groups is 1. The Labute approximate surface area is 96.9 Å². The van der Waals surface area contributed by atoms with Gasteiger partial charge in [0.05, 0.1) is 12.1 Å². The number of aromatic nitrogens is 4. The third-order valence-corrected chi connectivity index (χ3v) is 2.19. The summed E-state index contributed by atoms with van der Waals surface area (Å²) in [5.74, 6) is -0.0531. The molecule has 0 bridgehead atoms. The molecule has 0 atom stereocenters. The third kappa shape index (κ3) is 2.57. The first kappa shape index (κ1) is 11.1. The number of aromatic amines is 1. The van der Waals surface area contributed by atoms with Gasteiger partial charge in [-0.3, -0.25) is 4.79 Å². The van der Waals surface area contributed by atoms with E-state index in [1.165, 1.54) is 6.07 Å². The minimum atomic E-state index is -0.379. The predicted octanol–water partition coefficient (Wildman–Crippen LogP) is 0.144. The molecule has 0 spiro atoms. The van der Waals surface area contributed by atoms with Crippen LogP contribution in [0.1, 0.15) is 21.7 Å². The normalized spacial score (nSPS) is 10.2. The first-order valence-electron chi connectivity index (χ1n) is 4.97. The van der Waals surface area contributed by atoms with Crippen molar-refractivity contribution in [1.29, 1.82) is 0 Å². The Kier molecular flexibility index (Phi) is 2.99. The van der Waals surface area contributed by atoms with Crippen LogP contribution in [0.4, 0.5) is 0 Å². The molecule has 7 nitrogen and oxygen atoms in total. The number of aryl methyl sites for hydroxylation is 1. The van der Waals surface area contributed by atoms with Crippen molar-refractivity contribution < 1.29 is 9.90 Å². The van der Waals surface area contributed by atoms with Gasteiger partial charge in [0.15, 0.2) is 5.82 Å². The average Bonchev–Trinajstić information content (AvgIpc) is 2.82. The van der Waals surface area contributed by atoms with E-state index in [4.69, 9.17) is 0 Å². The maximum atomic E-state index is 11.8. The van der Waals surface area contributed by atoms with Crippen LogP contribution in [0.2, 0.25) is 0 Å². The number of carbonyl (C=O) groups is 1. The number of hydrogen-bond acceptors (Lipinski definition) is 5. The summed E-state index contributed by atoms with van der Waals surface area (Å²) in [5.41, 5.74) is 1.13. The molecule has 1 aromatic carbocycles. The Bertz CT molecular complexity index is 523. The summed E-state index contributed by atoms with van der Waals surface area (Å²) in [6.07, 6.45) is 0. The second-order valence-electron chi connectivity index (χ2n) is 3.53. The number of amides is 1. The summed E-state index contributed by atoms with van der Waals surface area (Å²) < 4.78 is 0. The number of nitrogens with zero attached hydrogens (tertiary/aromatic N) is 3. The number of nitrogens with one attached hydrogen (secondary N) is 2. The lowest BCUT2D eigenvalue weighted by Crippen LogP contribution is -2.23. The Hall–Kier alpha value is -2.44. The molecule has 0 aliphatic carbocycles. The summed E-state index contributed by atoms with van der Waals surface area (Å²) in [6.45, 7) is 2.00. The fraction of sp³-hybridized carbons (Fsp3) is 0.200. The van der Waals surface area contributed by atoms with E-state index in [0.29, 0.717) is 5.82 Å². The Balaban J connectivity index is 2.07. The van der Waals surface area contributed by atoms with Crippen molar-refractivity contribution in [3.63, 3.8) is 0 Å². The molecule has 88 valence electrons. The minimum Gasteiger partial charge on any atom is -0.507 e. The molecule has 7 heteroatoms. The summed E-state index contributed by atoms with van der Waals surface area (Å²) in [5, 5.41) is 25.2. The highest BCUT2D eigenvalue weighted by Gasteiger charge is 2.11. The number of rotatable bonds is 3.